The van der Waals surface area contributed by atoms with Crippen molar-refractivity contribution in [1.29, 1.82) is 0 Å². The number of nitrogens with zero attached hydrogens (tertiary/aromatic N) is 3. The number of cyclic esters (lactones) is 1. The van der Waals surface area contributed by atoms with Crippen LogP contribution in [0.3, 0.4) is 0 Å². The van der Waals surface area contributed by atoms with E-state index in [0.717, 1.165) is 0 Å². The van der Waals surface area contributed by atoms with E-state index in [9.17, 15) is 14.0 Å². The third-order valence-corrected chi connectivity index (χ3v) is 5.24. The summed E-state index contributed by atoms with van der Waals surface area (Å²) < 4.78 is 25.2. The Hall–Kier alpha value is -2.66. The van der Waals surface area contributed by atoms with E-state index in [1.807, 2.05) is 11.8 Å². The van der Waals surface area contributed by atoms with Gasteiger partial charge < -0.3 is 29.7 Å². The summed E-state index contributed by atoms with van der Waals surface area (Å²) in [6.07, 6.45) is -0.983. The Balaban J connectivity index is 1.59. The van der Waals surface area contributed by atoms with Gasteiger partial charge in [-0.25, -0.2) is 9.18 Å². The molecule has 1 atom stereocenters. The lowest BCUT2D eigenvalue weighted by Gasteiger charge is -2.36. The zero-order valence-corrected chi connectivity index (χ0v) is 17.5. The maximum Gasteiger partial charge on any atom is 0.414 e. The van der Waals surface area contributed by atoms with E-state index in [0.29, 0.717) is 50.7 Å². The van der Waals surface area contributed by atoms with Gasteiger partial charge in [0.15, 0.2) is 0 Å². The van der Waals surface area contributed by atoms with Gasteiger partial charge >= 0.3 is 6.09 Å². The number of carbonyl (C=O) groups is 2. The van der Waals surface area contributed by atoms with Crippen LogP contribution in [0.4, 0.5) is 20.6 Å². The highest BCUT2D eigenvalue weighted by Gasteiger charge is 2.33. The Kier molecular flexibility index (Phi) is 7.27. The number of thiocarbonyl (C=S) groups is 1. The molecule has 0 aliphatic carbocycles. The third kappa shape index (κ3) is 5.08. The van der Waals surface area contributed by atoms with Crippen LogP contribution in [0.2, 0.25) is 0 Å². The van der Waals surface area contributed by atoms with Crippen LogP contribution >= 0.6 is 12.2 Å². The number of aliphatic hydroxyl groups is 1. The zero-order chi connectivity index (χ0) is 21.7. The number of hydrogen-bond acceptors (Lipinski definition) is 7. The molecule has 0 saturated carbocycles. The molecule has 0 spiro atoms. The van der Waals surface area contributed by atoms with Gasteiger partial charge in [0, 0.05) is 26.2 Å². The monoisotopic (exact) mass is 440 g/mol. The van der Waals surface area contributed by atoms with Crippen LogP contribution in [-0.4, -0.2) is 85.8 Å². The normalized spacial score (nSPS) is 19.0. The molecular formula is C19H25FN4O5S. The zero-order valence-electron chi connectivity index (χ0n) is 16.7. The van der Waals surface area contributed by atoms with Crippen molar-refractivity contribution in [3.8, 4) is 0 Å². The first-order chi connectivity index (χ1) is 14.4. The molecule has 2 aliphatic heterocycles. The average molecular weight is 440 g/mol. The highest BCUT2D eigenvalue weighted by Crippen LogP contribution is 2.28. The number of ether oxygens (including phenoxy) is 2. The van der Waals surface area contributed by atoms with E-state index in [1.54, 1.807) is 17.0 Å². The van der Waals surface area contributed by atoms with Gasteiger partial charge in [0.25, 0.3) is 5.17 Å². The number of piperazine rings is 1. The predicted octanol–water partition coefficient (Wildman–Crippen LogP) is 0.703. The van der Waals surface area contributed by atoms with Gasteiger partial charge in [0.2, 0.25) is 5.91 Å². The third-order valence-electron chi connectivity index (χ3n) is 4.97. The minimum atomic E-state index is -0.549. The van der Waals surface area contributed by atoms with Crippen molar-refractivity contribution < 1.29 is 28.6 Å². The molecule has 0 unspecified atom stereocenters. The first-order valence-electron chi connectivity index (χ1n) is 9.74. The minimum Gasteiger partial charge on any atom is -0.471 e. The molecule has 2 amide bonds. The number of amides is 2. The Morgan fingerprint density at radius 2 is 2.10 bits per heavy atom. The van der Waals surface area contributed by atoms with E-state index in [-0.39, 0.29) is 17.6 Å². The number of hydrogen-bond donors (Lipinski definition) is 2. The summed E-state index contributed by atoms with van der Waals surface area (Å²) in [5, 5.41) is 12.1. The van der Waals surface area contributed by atoms with E-state index < -0.39 is 24.6 Å². The van der Waals surface area contributed by atoms with Crippen LogP contribution in [0, 0.1) is 5.82 Å². The second kappa shape index (κ2) is 9.90. The number of benzene rings is 1. The molecule has 0 radical (unpaired) electrons. The number of aliphatic hydroxyl groups excluding tert-OH is 1. The van der Waals surface area contributed by atoms with E-state index in [4.69, 9.17) is 26.8 Å². The summed E-state index contributed by atoms with van der Waals surface area (Å²) in [6, 6.07) is 4.60. The molecule has 1 aromatic carbocycles. The Bertz CT molecular complexity index is 803. The molecule has 9 nitrogen and oxygen atoms in total. The molecule has 1 aromatic rings. The summed E-state index contributed by atoms with van der Waals surface area (Å²) in [4.78, 5) is 28.5. The Morgan fingerprint density at radius 3 is 2.73 bits per heavy atom. The standard InChI is InChI=1S/C19H25FN4O5S/c1-2-28-18(30)21-10-14-11-24(19(27)29-14)13-3-4-16(15(20)9-13)22-5-7-23(8-6-22)17(26)12-25/h3-4,9,14,25H,2,5-8,10-12H2,1H3,(H,21,30)/t14-/m0/s1. The van der Waals surface area contributed by atoms with Crippen LogP contribution in [0.1, 0.15) is 6.92 Å². The molecule has 0 aromatic heterocycles. The summed E-state index contributed by atoms with van der Waals surface area (Å²) in [6.45, 7) is 4.05. The summed E-state index contributed by atoms with van der Waals surface area (Å²) in [5.74, 6) is -0.787. The predicted molar refractivity (Wildman–Crippen MR) is 112 cm³/mol. The summed E-state index contributed by atoms with van der Waals surface area (Å²) >= 11 is 4.99. The quantitative estimate of drug-likeness (QED) is 0.625. The van der Waals surface area contributed by atoms with E-state index in [2.05, 4.69) is 5.32 Å². The van der Waals surface area contributed by atoms with Crippen molar-refractivity contribution >= 4 is 40.8 Å². The molecular weight excluding hydrogens is 415 g/mol. The van der Waals surface area contributed by atoms with Crippen LogP contribution in [0.5, 0.6) is 0 Å². The number of rotatable bonds is 6. The van der Waals surface area contributed by atoms with E-state index >= 15 is 0 Å². The molecule has 164 valence electrons. The molecule has 30 heavy (non-hydrogen) atoms. The van der Waals surface area contributed by atoms with Gasteiger partial charge in [-0.15, -0.1) is 0 Å². The highest BCUT2D eigenvalue weighted by atomic mass is 32.1. The number of nitrogens with one attached hydrogen (secondary N) is 1. The molecule has 3 rings (SSSR count). The molecule has 2 aliphatic rings. The molecule has 11 heteroatoms. The lowest BCUT2D eigenvalue weighted by molar-refractivity contribution is -0.134. The first kappa shape index (κ1) is 22.0. The number of anilines is 2. The van der Waals surface area contributed by atoms with Gasteiger partial charge in [0.05, 0.1) is 31.1 Å². The van der Waals surface area contributed by atoms with Gasteiger partial charge in [-0.2, -0.15) is 0 Å². The van der Waals surface area contributed by atoms with Gasteiger partial charge in [-0.05, 0) is 37.3 Å². The molecule has 2 heterocycles. The van der Waals surface area contributed by atoms with E-state index in [1.165, 1.54) is 11.0 Å². The van der Waals surface area contributed by atoms with Crippen molar-refractivity contribution in [2.45, 2.75) is 13.0 Å². The highest BCUT2D eigenvalue weighted by molar-refractivity contribution is 7.80. The van der Waals surface area contributed by atoms with Crippen LogP contribution in [0.15, 0.2) is 18.2 Å². The maximum absolute atomic E-state index is 14.8. The lowest BCUT2D eigenvalue weighted by Crippen LogP contribution is -2.49. The Labute approximate surface area is 179 Å². The number of carbonyl (C=O) groups excluding carboxylic acids is 2. The smallest absolute Gasteiger partial charge is 0.414 e. The van der Waals surface area contributed by atoms with Crippen molar-refractivity contribution in [3.63, 3.8) is 0 Å². The fourth-order valence-corrected chi connectivity index (χ4v) is 3.64. The fraction of sp³-hybridized carbons (Fsp3) is 0.526. The summed E-state index contributed by atoms with van der Waals surface area (Å²) in [7, 11) is 0. The van der Waals surface area contributed by atoms with Crippen LogP contribution in [0.25, 0.3) is 0 Å². The molecule has 2 fully saturated rings. The SMILES string of the molecule is CCOC(=S)NC[C@H]1CN(c2ccc(N3CCN(C(=O)CO)CC3)c(F)c2)C(=O)O1. The van der Waals surface area contributed by atoms with Gasteiger partial charge in [-0.1, -0.05) is 0 Å². The maximum atomic E-state index is 14.8. The fourth-order valence-electron chi connectivity index (χ4n) is 3.43. The average Bonchev–Trinajstić information content (AvgIpc) is 3.12. The topological polar surface area (TPSA) is 94.6 Å². The molecule has 2 N–H and O–H groups in total. The van der Waals surface area contributed by atoms with Crippen LogP contribution in [-0.2, 0) is 14.3 Å². The minimum absolute atomic E-state index is 0.239. The van der Waals surface area contributed by atoms with Crippen LogP contribution < -0.4 is 15.1 Å². The molecule has 0 bridgehead atoms. The van der Waals surface area contributed by atoms with Crippen molar-refractivity contribution in [2.24, 2.45) is 0 Å². The largest absolute Gasteiger partial charge is 0.471 e. The van der Waals surface area contributed by atoms with Crippen molar-refractivity contribution in [2.75, 3.05) is 62.3 Å². The Morgan fingerprint density at radius 1 is 1.37 bits per heavy atom. The van der Waals surface area contributed by atoms with Gasteiger partial charge in [0.1, 0.15) is 18.5 Å². The lowest BCUT2D eigenvalue weighted by atomic mass is 10.2. The summed E-state index contributed by atoms with van der Waals surface area (Å²) in [5.41, 5.74) is 0.813. The number of halogens is 1. The second-order valence-electron chi connectivity index (χ2n) is 6.88. The first-order valence-corrected chi connectivity index (χ1v) is 10.2. The van der Waals surface area contributed by atoms with Crippen molar-refractivity contribution in [1.82, 2.24) is 10.2 Å². The van der Waals surface area contributed by atoms with Crippen molar-refractivity contribution in [3.05, 3.63) is 24.0 Å². The molecule has 2 saturated heterocycles. The van der Waals surface area contributed by atoms with Gasteiger partial charge in [-0.3, -0.25) is 9.69 Å². The second-order valence-corrected chi connectivity index (χ2v) is 7.25.